The molecule has 10 aromatic rings. The molecule has 0 N–H and O–H groups in total. The highest BCUT2D eigenvalue weighted by atomic mass is 15.1. The molecule has 13 rings (SSSR count). The molecule has 3 aliphatic carbocycles. The molecule has 1 nitrogen and oxygen atoms in total. The third-order valence-electron chi connectivity index (χ3n) is 14.2. The van der Waals surface area contributed by atoms with Crippen LogP contribution in [0, 0.1) is 0 Å². The third-order valence-corrected chi connectivity index (χ3v) is 14.2. The van der Waals surface area contributed by atoms with E-state index in [9.17, 15) is 0 Å². The maximum Gasteiger partial charge on any atom is 0.0732 e. The van der Waals surface area contributed by atoms with Gasteiger partial charge in [-0.3, -0.25) is 0 Å². The molecular weight excluding hydrogens is 747 g/mol. The van der Waals surface area contributed by atoms with Crippen LogP contribution in [0.4, 0.5) is 17.1 Å². The number of aryl methyl sites for hydroxylation is 1. The van der Waals surface area contributed by atoms with Crippen LogP contribution in [0.2, 0.25) is 0 Å². The van der Waals surface area contributed by atoms with Crippen molar-refractivity contribution in [1.82, 2.24) is 0 Å². The van der Waals surface area contributed by atoms with Gasteiger partial charge in [-0.25, -0.2) is 0 Å². The number of fused-ring (bicyclic) bond motifs is 14. The molecular formula is C61H43N. The molecule has 62 heavy (non-hydrogen) atoms. The van der Waals surface area contributed by atoms with Crippen molar-refractivity contribution in [2.75, 3.05) is 4.90 Å². The zero-order valence-corrected chi connectivity index (χ0v) is 34.5. The zero-order chi connectivity index (χ0) is 40.8. The fourth-order valence-corrected chi connectivity index (χ4v) is 11.6. The topological polar surface area (TPSA) is 3.24 Å². The van der Waals surface area contributed by atoms with E-state index in [0.717, 1.165) is 23.5 Å². The summed E-state index contributed by atoms with van der Waals surface area (Å²) in [6.45, 7) is 0. The first kappa shape index (κ1) is 35.3. The highest BCUT2D eigenvalue weighted by molar-refractivity contribution is 6.05. The van der Waals surface area contributed by atoms with Gasteiger partial charge in [-0.15, -0.1) is 0 Å². The van der Waals surface area contributed by atoms with E-state index in [4.69, 9.17) is 0 Å². The summed E-state index contributed by atoms with van der Waals surface area (Å²) in [7, 11) is 0. The summed E-state index contributed by atoms with van der Waals surface area (Å²) in [6, 6.07) is 80.1. The average molecular weight is 790 g/mol. The average Bonchev–Trinajstić information content (AvgIpc) is 3.81. The second-order valence-electron chi connectivity index (χ2n) is 17.4. The number of rotatable bonds is 5. The van der Waals surface area contributed by atoms with Gasteiger partial charge in [0, 0.05) is 16.9 Å². The van der Waals surface area contributed by atoms with Gasteiger partial charge in [0.1, 0.15) is 0 Å². The lowest BCUT2D eigenvalue weighted by molar-refractivity contribution is 0.687. The molecule has 1 heteroatoms. The van der Waals surface area contributed by atoms with E-state index in [2.05, 4.69) is 217 Å². The predicted molar refractivity (Wildman–Crippen MR) is 260 cm³/mol. The number of anilines is 3. The van der Waals surface area contributed by atoms with Crippen molar-refractivity contribution in [3.63, 3.8) is 0 Å². The van der Waals surface area contributed by atoms with E-state index >= 15 is 0 Å². The van der Waals surface area contributed by atoms with E-state index in [1.54, 1.807) is 0 Å². The molecule has 0 bridgehead atoms. The van der Waals surface area contributed by atoms with Crippen molar-refractivity contribution in [1.29, 1.82) is 0 Å². The summed E-state index contributed by atoms with van der Waals surface area (Å²) < 4.78 is 0. The van der Waals surface area contributed by atoms with Crippen molar-refractivity contribution in [2.24, 2.45) is 0 Å². The van der Waals surface area contributed by atoms with Gasteiger partial charge in [0.15, 0.2) is 0 Å². The van der Waals surface area contributed by atoms with Crippen LogP contribution < -0.4 is 4.90 Å². The minimum Gasteiger partial charge on any atom is -0.310 e. The number of hydrogen-bond donors (Lipinski definition) is 0. The molecule has 0 heterocycles. The lowest BCUT2D eigenvalue weighted by Gasteiger charge is -2.33. The van der Waals surface area contributed by atoms with E-state index in [1.165, 1.54) is 119 Å². The Labute approximate surface area is 363 Å². The van der Waals surface area contributed by atoms with Crippen LogP contribution >= 0.6 is 0 Å². The molecule has 0 fully saturated rings. The van der Waals surface area contributed by atoms with Crippen LogP contribution in [-0.2, 0) is 18.3 Å². The SMILES string of the molecule is c1ccc(-c2cc3ccccc3cc2N(c2ccc(-c3cccc4c3CCCC4)cc2)c2ccc3c(c2)C2(c4ccccc4-c4ccccc42)c2c-3ccc3ccccc23)cc1. The van der Waals surface area contributed by atoms with Crippen LogP contribution in [0.15, 0.2) is 212 Å². The second-order valence-corrected chi connectivity index (χ2v) is 17.4. The van der Waals surface area contributed by atoms with Crippen molar-refractivity contribution in [3.8, 4) is 44.5 Å². The summed E-state index contributed by atoms with van der Waals surface area (Å²) in [6.07, 6.45) is 4.86. The van der Waals surface area contributed by atoms with E-state index in [1.807, 2.05) is 0 Å². The van der Waals surface area contributed by atoms with Gasteiger partial charge < -0.3 is 4.90 Å². The van der Waals surface area contributed by atoms with Crippen LogP contribution in [0.3, 0.4) is 0 Å². The lowest BCUT2D eigenvalue weighted by atomic mass is 9.69. The monoisotopic (exact) mass is 789 g/mol. The van der Waals surface area contributed by atoms with E-state index in [0.29, 0.717) is 0 Å². The second kappa shape index (κ2) is 13.8. The van der Waals surface area contributed by atoms with Crippen LogP contribution in [-0.4, -0.2) is 0 Å². The molecule has 0 amide bonds. The van der Waals surface area contributed by atoms with Gasteiger partial charge in [0.05, 0.1) is 11.1 Å². The molecule has 1 spiro atoms. The Morgan fingerprint density at radius 2 is 0.952 bits per heavy atom. The summed E-state index contributed by atoms with van der Waals surface area (Å²) in [5, 5.41) is 5.03. The van der Waals surface area contributed by atoms with Gasteiger partial charge in [0.25, 0.3) is 0 Å². The van der Waals surface area contributed by atoms with Crippen molar-refractivity contribution in [2.45, 2.75) is 31.1 Å². The van der Waals surface area contributed by atoms with E-state index < -0.39 is 5.41 Å². The van der Waals surface area contributed by atoms with Gasteiger partial charge >= 0.3 is 0 Å². The first-order valence-corrected chi connectivity index (χ1v) is 22.2. The zero-order valence-electron chi connectivity index (χ0n) is 34.5. The highest BCUT2D eigenvalue weighted by Gasteiger charge is 2.52. The van der Waals surface area contributed by atoms with Crippen molar-refractivity contribution < 1.29 is 0 Å². The first-order chi connectivity index (χ1) is 30.8. The Hall–Kier alpha value is -7.48. The molecule has 0 unspecified atom stereocenters. The lowest BCUT2D eigenvalue weighted by Crippen LogP contribution is -2.26. The Bertz CT molecular complexity index is 3370. The van der Waals surface area contributed by atoms with E-state index in [-0.39, 0.29) is 0 Å². The first-order valence-electron chi connectivity index (χ1n) is 22.2. The molecule has 0 aliphatic heterocycles. The Morgan fingerprint density at radius 1 is 0.355 bits per heavy atom. The molecule has 10 aromatic carbocycles. The molecule has 3 aliphatic rings. The minimum atomic E-state index is -0.498. The minimum absolute atomic E-state index is 0.498. The summed E-state index contributed by atoms with van der Waals surface area (Å²) in [4.78, 5) is 2.53. The van der Waals surface area contributed by atoms with Gasteiger partial charge in [-0.2, -0.15) is 0 Å². The molecule has 0 atom stereocenters. The smallest absolute Gasteiger partial charge is 0.0732 e. The highest BCUT2D eigenvalue weighted by Crippen LogP contribution is 2.64. The van der Waals surface area contributed by atoms with Crippen molar-refractivity contribution >= 4 is 38.6 Å². The third kappa shape index (κ3) is 5.09. The summed E-state index contributed by atoms with van der Waals surface area (Å²) in [5.41, 5.74) is 21.7. The fourth-order valence-electron chi connectivity index (χ4n) is 11.6. The maximum atomic E-state index is 2.54. The van der Waals surface area contributed by atoms with Crippen LogP contribution in [0.5, 0.6) is 0 Å². The fraction of sp³-hybridized carbons (Fsp3) is 0.0820. The normalized spacial score (nSPS) is 14.0. The number of benzene rings is 10. The number of nitrogens with zero attached hydrogens (tertiary/aromatic N) is 1. The Balaban J connectivity index is 1.09. The summed E-state index contributed by atoms with van der Waals surface area (Å²) in [5.74, 6) is 0. The quantitative estimate of drug-likeness (QED) is 0.168. The largest absolute Gasteiger partial charge is 0.310 e. The molecule has 0 aromatic heterocycles. The number of hydrogen-bond acceptors (Lipinski definition) is 1. The standard InChI is InChI=1S/C61H43N/c1-2-15-41(16-3-1)55-37-44-19-4-5-20-45(44)38-59(55)62(46-32-29-43(30-33-46)49-26-14-21-40-17-6-8-22-48(40)49)47-34-36-53-54-35-31-42-18-7-9-23-50(42)60(54)61(58(53)39-47)56-27-12-10-24-51(56)52-25-11-13-28-57(52)61/h1-5,7,9-16,18-21,23-39H,6,8,17,22H2. The molecule has 0 saturated heterocycles. The van der Waals surface area contributed by atoms with Gasteiger partial charge in [0.2, 0.25) is 0 Å². The maximum absolute atomic E-state index is 2.54. The van der Waals surface area contributed by atoms with Crippen LogP contribution in [0.1, 0.15) is 46.2 Å². The Kier molecular flexibility index (Phi) is 7.84. The van der Waals surface area contributed by atoms with Crippen LogP contribution in [0.25, 0.3) is 66.1 Å². The Morgan fingerprint density at radius 3 is 1.74 bits per heavy atom. The van der Waals surface area contributed by atoms with Gasteiger partial charge in [-0.1, -0.05) is 176 Å². The van der Waals surface area contributed by atoms with Crippen molar-refractivity contribution in [3.05, 3.63) is 246 Å². The predicted octanol–water partition coefficient (Wildman–Crippen LogP) is 16.0. The van der Waals surface area contributed by atoms with Gasteiger partial charge in [-0.05, 0) is 156 Å². The molecule has 0 radical (unpaired) electrons. The molecule has 292 valence electrons. The summed E-state index contributed by atoms with van der Waals surface area (Å²) >= 11 is 0. The molecule has 0 saturated carbocycles.